The summed E-state index contributed by atoms with van der Waals surface area (Å²) in [5.74, 6) is 0.185. The summed E-state index contributed by atoms with van der Waals surface area (Å²) in [6.07, 6.45) is 2.26. The van der Waals surface area contributed by atoms with Gasteiger partial charge in [0.05, 0.1) is 5.69 Å². The number of rotatable bonds is 2. The van der Waals surface area contributed by atoms with E-state index in [1.54, 1.807) is 6.07 Å². The Balaban J connectivity index is 2.06. The standard InChI is InChI=1S/C15H18FN3/c1-10-14(12-6-2-3-7-13(12)16)15(19-18-10)11-5-4-8-17-9-11/h2-3,6-7,11,17H,4-5,8-9H2,1H3,(H,18,19). The molecule has 1 fully saturated rings. The molecule has 1 aliphatic heterocycles. The molecule has 2 heterocycles. The third kappa shape index (κ3) is 2.28. The second-order valence-corrected chi connectivity index (χ2v) is 5.13. The number of aromatic amines is 1. The quantitative estimate of drug-likeness (QED) is 0.870. The molecule has 0 amide bonds. The maximum atomic E-state index is 14.0. The second-order valence-electron chi connectivity index (χ2n) is 5.13. The summed E-state index contributed by atoms with van der Waals surface area (Å²) >= 11 is 0. The van der Waals surface area contributed by atoms with Crippen molar-refractivity contribution in [3.05, 3.63) is 41.5 Å². The van der Waals surface area contributed by atoms with Crippen molar-refractivity contribution >= 4 is 0 Å². The molecule has 4 heteroatoms. The van der Waals surface area contributed by atoms with Crippen LogP contribution in [0.1, 0.15) is 30.1 Å². The first-order chi connectivity index (χ1) is 9.27. The lowest BCUT2D eigenvalue weighted by Gasteiger charge is -2.22. The van der Waals surface area contributed by atoms with Gasteiger partial charge in [-0.05, 0) is 32.4 Å². The number of nitrogens with zero attached hydrogens (tertiary/aromatic N) is 1. The lowest BCUT2D eigenvalue weighted by Crippen LogP contribution is -2.28. The Morgan fingerprint density at radius 2 is 2.16 bits per heavy atom. The molecular formula is C15H18FN3. The average Bonchev–Trinajstić information content (AvgIpc) is 2.82. The number of piperidine rings is 1. The summed E-state index contributed by atoms with van der Waals surface area (Å²) in [5, 5.41) is 10.8. The molecule has 0 saturated carbocycles. The number of hydrogen-bond acceptors (Lipinski definition) is 2. The summed E-state index contributed by atoms with van der Waals surface area (Å²) in [6.45, 7) is 3.94. The Hall–Kier alpha value is -1.68. The van der Waals surface area contributed by atoms with Gasteiger partial charge < -0.3 is 5.32 Å². The van der Waals surface area contributed by atoms with Gasteiger partial charge >= 0.3 is 0 Å². The first-order valence-corrected chi connectivity index (χ1v) is 6.78. The molecule has 1 unspecified atom stereocenters. The van der Waals surface area contributed by atoms with E-state index in [1.807, 2.05) is 19.1 Å². The van der Waals surface area contributed by atoms with Gasteiger partial charge in [-0.3, -0.25) is 5.10 Å². The number of nitrogens with one attached hydrogen (secondary N) is 2. The Morgan fingerprint density at radius 3 is 2.89 bits per heavy atom. The second kappa shape index (κ2) is 5.13. The van der Waals surface area contributed by atoms with Crippen molar-refractivity contribution in [3.63, 3.8) is 0 Å². The van der Waals surface area contributed by atoms with Crippen LogP contribution in [0.3, 0.4) is 0 Å². The molecular weight excluding hydrogens is 241 g/mol. The molecule has 1 atom stereocenters. The number of halogens is 1. The Labute approximate surface area is 112 Å². The van der Waals surface area contributed by atoms with Crippen molar-refractivity contribution in [2.75, 3.05) is 13.1 Å². The van der Waals surface area contributed by atoms with Crippen LogP contribution in [0.5, 0.6) is 0 Å². The lowest BCUT2D eigenvalue weighted by molar-refractivity contribution is 0.454. The van der Waals surface area contributed by atoms with Crippen molar-refractivity contribution < 1.29 is 4.39 Å². The highest BCUT2D eigenvalue weighted by Crippen LogP contribution is 2.34. The third-order valence-electron chi connectivity index (χ3n) is 3.80. The lowest BCUT2D eigenvalue weighted by atomic mass is 9.90. The van der Waals surface area contributed by atoms with Crippen LogP contribution in [0, 0.1) is 12.7 Å². The molecule has 0 spiro atoms. The first-order valence-electron chi connectivity index (χ1n) is 6.78. The van der Waals surface area contributed by atoms with Crippen LogP contribution < -0.4 is 5.32 Å². The first kappa shape index (κ1) is 12.4. The van der Waals surface area contributed by atoms with E-state index in [9.17, 15) is 4.39 Å². The minimum Gasteiger partial charge on any atom is -0.316 e. The van der Waals surface area contributed by atoms with Gasteiger partial charge in [-0.2, -0.15) is 5.10 Å². The highest BCUT2D eigenvalue weighted by atomic mass is 19.1. The molecule has 1 saturated heterocycles. The van der Waals surface area contributed by atoms with Crippen LogP contribution in [-0.4, -0.2) is 23.3 Å². The molecule has 1 aromatic heterocycles. The zero-order chi connectivity index (χ0) is 13.2. The summed E-state index contributed by atoms with van der Waals surface area (Å²) in [6, 6.07) is 6.92. The van der Waals surface area contributed by atoms with Crippen LogP contribution in [0.4, 0.5) is 4.39 Å². The van der Waals surface area contributed by atoms with E-state index in [-0.39, 0.29) is 5.82 Å². The van der Waals surface area contributed by atoms with Crippen LogP contribution in [0.2, 0.25) is 0 Å². The molecule has 100 valence electrons. The van der Waals surface area contributed by atoms with E-state index in [4.69, 9.17) is 0 Å². The van der Waals surface area contributed by atoms with Gasteiger partial charge in [-0.15, -0.1) is 0 Å². The highest BCUT2D eigenvalue weighted by molar-refractivity contribution is 5.69. The fourth-order valence-electron chi connectivity index (χ4n) is 2.83. The van der Waals surface area contributed by atoms with Gasteiger partial charge in [0.25, 0.3) is 0 Å². The Morgan fingerprint density at radius 1 is 1.32 bits per heavy atom. The predicted molar refractivity (Wildman–Crippen MR) is 73.6 cm³/mol. The highest BCUT2D eigenvalue weighted by Gasteiger charge is 2.24. The molecule has 0 radical (unpaired) electrons. The van der Waals surface area contributed by atoms with E-state index < -0.39 is 0 Å². The van der Waals surface area contributed by atoms with E-state index in [1.165, 1.54) is 6.07 Å². The minimum absolute atomic E-state index is 0.183. The molecule has 0 aliphatic carbocycles. The molecule has 0 bridgehead atoms. The minimum atomic E-state index is -0.183. The number of benzene rings is 1. The average molecular weight is 259 g/mol. The number of H-pyrrole nitrogens is 1. The normalized spacial score (nSPS) is 19.6. The SMILES string of the molecule is Cc1[nH]nc(C2CCCNC2)c1-c1ccccc1F. The van der Waals surface area contributed by atoms with Gasteiger partial charge in [-0.1, -0.05) is 18.2 Å². The maximum Gasteiger partial charge on any atom is 0.131 e. The van der Waals surface area contributed by atoms with Crippen LogP contribution in [0.25, 0.3) is 11.1 Å². The summed E-state index contributed by atoms with van der Waals surface area (Å²) in [7, 11) is 0. The van der Waals surface area contributed by atoms with Gasteiger partial charge in [0, 0.05) is 29.3 Å². The van der Waals surface area contributed by atoms with E-state index >= 15 is 0 Å². The van der Waals surface area contributed by atoms with Crippen molar-refractivity contribution in [2.45, 2.75) is 25.7 Å². The van der Waals surface area contributed by atoms with Crippen molar-refractivity contribution in [1.82, 2.24) is 15.5 Å². The Kier molecular flexibility index (Phi) is 3.34. The van der Waals surface area contributed by atoms with Gasteiger partial charge in [-0.25, -0.2) is 4.39 Å². The summed E-state index contributed by atoms with van der Waals surface area (Å²) in [5.41, 5.74) is 3.52. The van der Waals surface area contributed by atoms with E-state index in [0.717, 1.165) is 42.9 Å². The zero-order valence-corrected chi connectivity index (χ0v) is 11.0. The smallest absolute Gasteiger partial charge is 0.131 e. The van der Waals surface area contributed by atoms with Gasteiger partial charge in [0.2, 0.25) is 0 Å². The van der Waals surface area contributed by atoms with Gasteiger partial charge in [0.1, 0.15) is 5.82 Å². The molecule has 1 aromatic carbocycles. The molecule has 1 aliphatic rings. The zero-order valence-electron chi connectivity index (χ0n) is 11.0. The Bertz CT molecular complexity index is 571. The predicted octanol–water partition coefficient (Wildman–Crippen LogP) is 2.99. The molecule has 2 N–H and O–H groups in total. The molecule has 2 aromatic rings. The summed E-state index contributed by atoms with van der Waals surface area (Å²) in [4.78, 5) is 0. The summed E-state index contributed by atoms with van der Waals surface area (Å²) < 4.78 is 14.0. The van der Waals surface area contributed by atoms with E-state index in [0.29, 0.717) is 11.5 Å². The van der Waals surface area contributed by atoms with Crippen LogP contribution in [-0.2, 0) is 0 Å². The fraction of sp³-hybridized carbons (Fsp3) is 0.400. The molecule has 3 rings (SSSR count). The monoisotopic (exact) mass is 259 g/mol. The number of aromatic nitrogens is 2. The topological polar surface area (TPSA) is 40.7 Å². The molecule has 19 heavy (non-hydrogen) atoms. The van der Waals surface area contributed by atoms with Crippen LogP contribution >= 0.6 is 0 Å². The van der Waals surface area contributed by atoms with Crippen molar-refractivity contribution in [3.8, 4) is 11.1 Å². The van der Waals surface area contributed by atoms with E-state index in [2.05, 4.69) is 15.5 Å². The molecule has 3 nitrogen and oxygen atoms in total. The van der Waals surface area contributed by atoms with Crippen LogP contribution in [0.15, 0.2) is 24.3 Å². The third-order valence-corrected chi connectivity index (χ3v) is 3.80. The number of aryl methyl sites for hydroxylation is 1. The largest absolute Gasteiger partial charge is 0.316 e. The maximum absolute atomic E-state index is 14.0. The van der Waals surface area contributed by atoms with Gasteiger partial charge in [0.15, 0.2) is 0 Å². The number of hydrogen-bond donors (Lipinski definition) is 2. The van der Waals surface area contributed by atoms with Crippen molar-refractivity contribution in [1.29, 1.82) is 0 Å². The van der Waals surface area contributed by atoms with Crippen molar-refractivity contribution in [2.24, 2.45) is 0 Å². The fourth-order valence-corrected chi connectivity index (χ4v) is 2.83.